The van der Waals surface area contributed by atoms with Crippen LogP contribution in [0.4, 0.5) is 0 Å². The standard InChI is InChI=1S/C20H25NO2/c1-3-4-12-19(20(22)23)21-14-16-9-7-10-17(13-16)18-11-6-5-8-15(18)2/h5-11,13,19,21H,3-4,12,14H2,1-2H3,(H,22,23). The van der Waals surface area contributed by atoms with E-state index in [2.05, 4.69) is 43.4 Å². The minimum absolute atomic E-state index is 0.475. The molecule has 0 saturated carbocycles. The smallest absolute Gasteiger partial charge is 0.320 e. The number of benzene rings is 2. The molecule has 2 rings (SSSR count). The molecular weight excluding hydrogens is 286 g/mol. The zero-order valence-electron chi connectivity index (χ0n) is 13.9. The summed E-state index contributed by atoms with van der Waals surface area (Å²) in [6.07, 6.45) is 2.60. The molecule has 0 aliphatic rings. The topological polar surface area (TPSA) is 49.3 Å². The molecule has 122 valence electrons. The third-order valence-corrected chi connectivity index (χ3v) is 4.08. The van der Waals surface area contributed by atoms with Crippen molar-refractivity contribution in [1.82, 2.24) is 5.32 Å². The van der Waals surface area contributed by atoms with Gasteiger partial charge in [0.15, 0.2) is 0 Å². The number of aliphatic carboxylic acids is 1. The molecule has 0 aromatic heterocycles. The average Bonchev–Trinajstić information content (AvgIpc) is 2.55. The molecule has 1 unspecified atom stereocenters. The molecule has 0 amide bonds. The fourth-order valence-electron chi connectivity index (χ4n) is 2.71. The lowest BCUT2D eigenvalue weighted by atomic mass is 9.99. The van der Waals surface area contributed by atoms with Crippen LogP contribution in [0.5, 0.6) is 0 Å². The fourth-order valence-corrected chi connectivity index (χ4v) is 2.71. The van der Waals surface area contributed by atoms with Crippen molar-refractivity contribution in [2.24, 2.45) is 0 Å². The van der Waals surface area contributed by atoms with Crippen molar-refractivity contribution in [3.05, 3.63) is 59.7 Å². The maximum Gasteiger partial charge on any atom is 0.320 e. The van der Waals surface area contributed by atoms with Gasteiger partial charge < -0.3 is 10.4 Å². The SMILES string of the molecule is CCCCC(NCc1cccc(-c2ccccc2C)c1)C(=O)O. The number of aryl methyl sites for hydroxylation is 1. The van der Waals surface area contributed by atoms with E-state index in [0.717, 1.165) is 18.4 Å². The van der Waals surface area contributed by atoms with Crippen molar-refractivity contribution in [3.8, 4) is 11.1 Å². The maximum absolute atomic E-state index is 11.3. The molecule has 0 bridgehead atoms. The van der Waals surface area contributed by atoms with E-state index in [4.69, 9.17) is 0 Å². The second kappa shape index (κ2) is 8.49. The van der Waals surface area contributed by atoms with E-state index in [1.54, 1.807) is 0 Å². The summed E-state index contributed by atoms with van der Waals surface area (Å²) in [5.74, 6) is -0.770. The van der Waals surface area contributed by atoms with Gasteiger partial charge in [0.25, 0.3) is 0 Å². The second-order valence-electron chi connectivity index (χ2n) is 5.93. The van der Waals surface area contributed by atoms with Crippen LogP contribution in [0.3, 0.4) is 0 Å². The van der Waals surface area contributed by atoms with Gasteiger partial charge in [0.2, 0.25) is 0 Å². The summed E-state index contributed by atoms with van der Waals surface area (Å²) in [4.78, 5) is 11.3. The van der Waals surface area contributed by atoms with Gasteiger partial charge in [-0.15, -0.1) is 0 Å². The highest BCUT2D eigenvalue weighted by Gasteiger charge is 2.15. The number of carboxylic acid groups (broad SMARTS) is 1. The largest absolute Gasteiger partial charge is 0.480 e. The van der Waals surface area contributed by atoms with Gasteiger partial charge in [-0.05, 0) is 41.7 Å². The number of carbonyl (C=O) groups is 1. The van der Waals surface area contributed by atoms with E-state index in [0.29, 0.717) is 13.0 Å². The molecule has 2 aromatic rings. The molecule has 0 heterocycles. The summed E-state index contributed by atoms with van der Waals surface area (Å²) in [6, 6.07) is 16.1. The molecular formula is C20H25NO2. The van der Waals surface area contributed by atoms with E-state index >= 15 is 0 Å². The molecule has 1 atom stereocenters. The minimum Gasteiger partial charge on any atom is -0.480 e. The first-order valence-corrected chi connectivity index (χ1v) is 8.23. The van der Waals surface area contributed by atoms with Gasteiger partial charge in [-0.1, -0.05) is 62.2 Å². The summed E-state index contributed by atoms with van der Waals surface area (Å²) >= 11 is 0. The highest BCUT2D eigenvalue weighted by molar-refractivity contribution is 5.73. The molecule has 0 radical (unpaired) electrons. The van der Waals surface area contributed by atoms with Crippen LogP contribution in [-0.4, -0.2) is 17.1 Å². The molecule has 0 saturated heterocycles. The van der Waals surface area contributed by atoms with Crippen molar-refractivity contribution in [2.45, 2.75) is 45.7 Å². The van der Waals surface area contributed by atoms with E-state index in [1.807, 2.05) is 24.3 Å². The third-order valence-electron chi connectivity index (χ3n) is 4.08. The summed E-state index contributed by atoms with van der Waals surface area (Å²) in [5, 5.41) is 12.4. The molecule has 23 heavy (non-hydrogen) atoms. The van der Waals surface area contributed by atoms with Gasteiger partial charge in [0.05, 0.1) is 0 Å². The van der Waals surface area contributed by atoms with Crippen LogP contribution in [0.15, 0.2) is 48.5 Å². The van der Waals surface area contributed by atoms with Crippen molar-refractivity contribution in [1.29, 1.82) is 0 Å². The Balaban J connectivity index is 2.08. The van der Waals surface area contributed by atoms with E-state index in [-0.39, 0.29) is 0 Å². The van der Waals surface area contributed by atoms with Gasteiger partial charge in [0, 0.05) is 6.54 Å². The Morgan fingerprint density at radius 2 is 1.96 bits per heavy atom. The lowest BCUT2D eigenvalue weighted by molar-refractivity contribution is -0.139. The predicted molar refractivity (Wildman–Crippen MR) is 94.4 cm³/mol. The number of carboxylic acids is 1. The molecule has 3 nitrogen and oxygen atoms in total. The second-order valence-corrected chi connectivity index (χ2v) is 5.93. The molecule has 3 heteroatoms. The van der Waals surface area contributed by atoms with Gasteiger partial charge >= 0.3 is 5.97 Å². The number of hydrogen-bond donors (Lipinski definition) is 2. The van der Waals surface area contributed by atoms with E-state index < -0.39 is 12.0 Å². The van der Waals surface area contributed by atoms with Gasteiger partial charge in [-0.25, -0.2) is 0 Å². The van der Waals surface area contributed by atoms with Crippen LogP contribution in [0.25, 0.3) is 11.1 Å². The lowest BCUT2D eigenvalue weighted by Gasteiger charge is -2.15. The van der Waals surface area contributed by atoms with Gasteiger partial charge in [-0.3, -0.25) is 4.79 Å². The Hall–Kier alpha value is -2.13. The maximum atomic E-state index is 11.3. The van der Waals surface area contributed by atoms with Crippen LogP contribution in [0.2, 0.25) is 0 Å². The zero-order valence-corrected chi connectivity index (χ0v) is 13.9. The highest BCUT2D eigenvalue weighted by Crippen LogP contribution is 2.23. The molecule has 0 aliphatic heterocycles. The Kier molecular flexibility index (Phi) is 6.36. The predicted octanol–water partition coefficient (Wildman–Crippen LogP) is 4.40. The van der Waals surface area contributed by atoms with E-state index in [1.165, 1.54) is 16.7 Å². The summed E-state index contributed by atoms with van der Waals surface area (Å²) in [7, 11) is 0. The molecule has 2 N–H and O–H groups in total. The van der Waals surface area contributed by atoms with Crippen molar-refractivity contribution < 1.29 is 9.90 Å². The van der Waals surface area contributed by atoms with Gasteiger partial charge in [-0.2, -0.15) is 0 Å². The summed E-state index contributed by atoms with van der Waals surface area (Å²) < 4.78 is 0. The quantitative estimate of drug-likeness (QED) is 0.760. The molecule has 0 spiro atoms. The monoisotopic (exact) mass is 311 g/mol. The van der Waals surface area contributed by atoms with Crippen LogP contribution in [-0.2, 0) is 11.3 Å². The lowest BCUT2D eigenvalue weighted by Crippen LogP contribution is -2.36. The molecule has 0 aliphatic carbocycles. The first kappa shape index (κ1) is 17.2. The van der Waals surface area contributed by atoms with Crippen LogP contribution in [0.1, 0.15) is 37.3 Å². The van der Waals surface area contributed by atoms with Crippen molar-refractivity contribution in [3.63, 3.8) is 0 Å². The van der Waals surface area contributed by atoms with Crippen LogP contribution < -0.4 is 5.32 Å². The normalized spacial score (nSPS) is 12.1. The minimum atomic E-state index is -0.770. The number of nitrogens with one attached hydrogen (secondary N) is 1. The first-order chi connectivity index (χ1) is 11.1. The average molecular weight is 311 g/mol. The Labute approximate surface area is 138 Å². The Morgan fingerprint density at radius 3 is 2.65 bits per heavy atom. The van der Waals surface area contributed by atoms with E-state index in [9.17, 15) is 9.90 Å². The fraction of sp³-hybridized carbons (Fsp3) is 0.350. The van der Waals surface area contributed by atoms with Crippen molar-refractivity contribution in [2.75, 3.05) is 0 Å². The Bertz CT molecular complexity index is 652. The van der Waals surface area contributed by atoms with Crippen LogP contribution >= 0.6 is 0 Å². The van der Waals surface area contributed by atoms with Crippen molar-refractivity contribution >= 4 is 5.97 Å². The molecule has 2 aromatic carbocycles. The number of hydrogen-bond acceptors (Lipinski definition) is 2. The summed E-state index contributed by atoms with van der Waals surface area (Å²) in [5.41, 5.74) is 4.73. The highest BCUT2D eigenvalue weighted by atomic mass is 16.4. The number of rotatable bonds is 8. The number of unbranched alkanes of at least 4 members (excludes halogenated alkanes) is 1. The first-order valence-electron chi connectivity index (χ1n) is 8.23. The Morgan fingerprint density at radius 1 is 1.17 bits per heavy atom. The van der Waals surface area contributed by atoms with Crippen LogP contribution in [0, 0.1) is 6.92 Å². The summed E-state index contributed by atoms with van der Waals surface area (Å²) in [6.45, 7) is 4.75. The third kappa shape index (κ3) is 4.93. The zero-order chi connectivity index (χ0) is 16.7. The molecule has 0 fully saturated rings. The van der Waals surface area contributed by atoms with Gasteiger partial charge in [0.1, 0.15) is 6.04 Å².